The van der Waals surface area contributed by atoms with Gasteiger partial charge in [-0.05, 0) is 19.8 Å². The summed E-state index contributed by atoms with van der Waals surface area (Å²) < 4.78 is 0. The maximum Gasteiger partial charge on any atom is 0.0871 e. The second-order valence-corrected chi connectivity index (χ2v) is 4.52. The Morgan fingerprint density at radius 3 is 2.88 bits per heavy atom. The van der Waals surface area contributed by atoms with E-state index in [1.54, 1.807) is 0 Å². The van der Waals surface area contributed by atoms with Crippen LogP contribution in [-0.4, -0.2) is 27.7 Å². The van der Waals surface area contributed by atoms with Crippen LogP contribution >= 0.6 is 0 Å². The smallest absolute Gasteiger partial charge is 0.0871 e. The Labute approximate surface area is 96.3 Å². The first kappa shape index (κ1) is 11.2. The van der Waals surface area contributed by atoms with Gasteiger partial charge in [-0.3, -0.25) is 10.00 Å². The Bertz CT molecular complexity index is 371. The third-order valence-corrected chi connectivity index (χ3v) is 3.42. The molecule has 0 radical (unpaired) electrons. The molecule has 1 aromatic rings. The van der Waals surface area contributed by atoms with Crippen LogP contribution in [0.3, 0.4) is 0 Å². The van der Waals surface area contributed by atoms with Gasteiger partial charge in [-0.2, -0.15) is 10.4 Å². The minimum absolute atomic E-state index is 0.523. The van der Waals surface area contributed by atoms with E-state index in [0.717, 1.165) is 12.2 Å². The van der Waals surface area contributed by atoms with Gasteiger partial charge in [-0.1, -0.05) is 12.8 Å². The monoisotopic (exact) mass is 218 g/mol. The Kier molecular flexibility index (Phi) is 3.58. The Hall–Kier alpha value is -1.34. The molecule has 1 heterocycles. The second-order valence-electron chi connectivity index (χ2n) is 4.52. The van der Waals surface area contributed by atoms with E-state index in [1.807, 2.05) is 13.1 Å². The van der Waals surface area contributed by atoms with E-state index in [9.17, 15) is 0 Å². The lowest BCUT2D eigenvalue weighted by molar-refractivity contribution is 0.214. The first-order chi connectivity index (χ1) is 7.81. The predicted molar refractivity (Wildman–Crippen MR) is 61.6 cm³/mol. The van der Waals surface area contributed by atoms with Crippen LogP contribution in [0.25, 0.3) is 0 Å². The fourth-order valence-corrected chi connectivity index (χ4v) is 2.43. The molecular weight excluding hydrogens is 200 g/mol. The summed E-state index contributed by atoms with van der Waals surface area (Å²) in [6.07, 6.45) is 6.94. The lowest BCUT2D eigenvalue weighted by Gasteiger charge is -2.25. The summed E-state index contributed by atoms with van der Waals surface area (Å²) in [5.41, 5.74) is 2.32. The highest BCUT2D eigenvalue weighted by Gasteiger charge is 2.22. The van der Waals surface area contributed by atoms with Crippen molar-refractivity contribution in [2.75, 3.05) is 6.54 Å². The second kappa shape index (κ2) is 5.13. The van der Waals surface area contributed by atoms with Crippen LogP contribution in [0.1, 0.15) is 36.9 Å². The summed E-state index contributed by atoms with van der Waals surface area (Å²) in [7, 11) is 0. The van der Waals surface area contributed by atoms with Crippen LogP contribution < -0.4 is 0 Å². The zero-order valence-electron chi connectivity index (χ0n) is 9.74. The quantitative estimate of drug-likeness (QED) is 0.786. The topological polar surface area (TPSA) is 55.7 Å². The number of H-pyrrole nitrogens is 1. The number of hydrogen-bond acceptors (Lipinski definition) is 3. The minimum Gasteiger partial charge on any atom is -0.283 e. The standard InChI is InChI=1S/C12H18N4/c1-10-11(8-14-15-10)9-16(7-6-13)12-4-2-3-5-12/h8,12H,2-5,7,9H2,1H3,(H,14,15). The maximum absolute atomic E-state index is 8.88. The Morgan fingerprint density at radius 2 is 2.31 bits per heavy atom. The fraction of sp³-hybridized carbons (Fsp3) is 0.667. The van der Waals surface area contributed by atoms with Gasteiger partial charge < -0.3 is 0 Å². The largest absolute Gasteiger partial charge is 0.283 e. The molecule has 1 saturated carbocycles. The van der Waals surface area contributed by atoms with Gasteiger partial charge in [-0.25, -0.2) is 0 Å². The summed E-state index contributed by atoms with van der Waals surface area (Å²) in [4.78, 5) is 2.28. The van der Waals surface area contributed by atoms with Crippen LogP contribution in [0.5, 0.6) is 0 Å². The van der Waals surface area contributed by atoms with Crippen molar-refractivity contribution in [1.29, 1.82) is 5.26 Å². The first-order valence-electron chi connectivity index (χ1n) is 5.91. The maximum atomic E-state index is 8.88. The molecule has 4 heteroatoms. The van der Waals surface area contributed by atoms with Gasteiger partial charge in [0.15, 0.2) is 0 Å². The van der Waals surface area contributed by atoms with Crippen LogP contribution in [-0.2, 0) is 6.54 Å². The molecule has 1 N–H and O–H groups in total. The number of nitrogens with one attached hydrogen (secondary N) is 1. The van der Waals surface area contributed by atoms with E-state index in [4.69, 9.17) is 5.26 Å². The Balaban J connectivity index is 2.02. The first-order valence-corrected chi connectivity index (χ1v) is 5.91. The number of nitrogens with zero attached hydrogens (tertiary/aromatic N) is 3. The SMILES string of the molecule is Cc1[nH]ncc1CN(CC#N)C1CCCC1. The summed E-state index contributed by atoms with van der Waals surface area (Å²) in [6, 6.07) is 2.86. The summed E-state index contributed by atoms with van der Waals surface area (Å²) >= 11 is 0. The van der Waals surface area contributed by atoms with Crippen molar-refractivity contribution in [2.45, 2.75) is 45.2 Å². The number of aromatic nitrogens is 2. The minimum atomic E-state index is 0.523. The molecule has 16 heavy (non-hydrogen) atoms. The van der Waals surface area contributed by atoms with Crippen LogP contribution in [0.2, 0.25) is 0 Å². The summed E-state index contributed by atoms with van der Waals surface area (Å²) in [5.74, 6) is 0. The third kappa shape index (κ3) is 2.42. The molecule has 2 rings (SSSR count). The third-order valence-electron chi connectivity index (χ3n) is 3.42. The highest BCUT2D eigenvalue weighted by atomic mass is 15.2. The number of rotatable bonds is 4. The molecule has 86 valence electrons. The molecule has 0 spiro atoms. The van der Waals surface area contributed by atoms with Crippen molar-refractivity contribution in [3.63, 3.8) is 0 Å². The molecule has 0 amide bonds. The number of nitriles is 1. The van der Waals surface area contributed by atoms with E-state index in [1.165, 1.54) is 31.2 Å². The van der Waals surface area contributed by atoms with Crippen LogP contribution in [0, 0.1) is 18.3 Å². The highest BCUT2D eigenvalue weighted by Crippen LogP contribution is 2.24. The molecule has 0 aromatic carbocycles. The molecule has 4 nitrogen and oxygen atoms in total. The Morgan fingerprint density at radius 1 is 1.56 bits per heavy atom. The van der Waals surface area contributed by atoms with Gasteiger partial charge in [-0.15, -0.1) is 0 Å². The van der Waals surface area contributed by atoms with E-state index in [-0.39, 0.29) is 0 Å². The van der Waals surface area contributed by atoms with Crippen molar-refractivity contribution in [3.05, 3.63) is 17.5 Å². The van der Waals surface area contributed by atoms with Gasteiger partial charge in [0, 0.05) is 23.8 Å². The van der Waals surface area contributed by atoms with E-state index < -0.39 is 0 Å². The van der Waals surface area contributed by atoms with Gasteiger partial charge >= 0.3 is 0 Å². The van der Waals surface area contributed by atoms with Crippen molar-refractivity contribution in [3.8, 4) is 6.07 Å². The van der Waals surface area contributed by atoms with Crippen molar-refractivity contribution in [1.82, 2.24) is 15.1 Å². The molecule has 1 aromatic heterocycles. The van der Waals surface area contributed by atoms with E-state index in [0.29, 0.717) is 12.6 Å². The molecule has 0 saturated heterocycles. The molecule has 1 aliphatic carbocycles. The lowest BCUT2D eigenvalue weighted by atomic mass is 10.1. The molecule has 0 bridgehead atoms. The molecule has 0 atom stereocenters. The van der Waals surface area contributed by atoms with Gasteiger partial charge in [0.25, 0.3) is 0 Å². The predicted octanol–water partition coefficient (Wildman–Crippen LogP) is 1.99. The molecule has 1 fully saturated rings. The average Bonchev–Trinajstić information content (AvgIpc) is 2.90. The van der Waals surface area contributed by atoms with Gasteiger partial charge in [0.05, 0.1) is 18.8 Å². The number of hydrogen-bond donors (Lipinski definition) is 1. The highest BCUT2D eigenvalue weighted by molar-refractivity contribution is 5.14. The number of aryl methyl sites for hydroxylation is 1. The fourth-order valence-electron chi connectivity index (χ4n) is 2.43. The summed E-state index contributed by atoms with van der Waals surface area (Å²) in [6.45, 7) is 3.40. The average molecular weight is 218 g/mol. The van der Waals surface area contributed by atoms with E-state index in [2.05, 4.69) is 21.2 Å². The van der Waals surface area contributed by atoms with Crippen LogP contribution in [0.15, 0.2) is 6.20 Å². The molecule has 1 aliphatic rings. The molecule has 0 unspecified atom stereocenters. The zero-order chi connectivity index (χ0) is 11.4. The van der Waals surface area contributed by atoms with Crippen molar-refractivity contribution >= 4 is 0 Å². The van der Waals surface area contributed by atoms with Gasteiger partial charge in [0.1, 0.15) is 0 Å². The lowest BCUT2D eigenvalue weighted by Crippen LogP contribution is -2.33. The normalized spacial score (nSPS) is 16.8. The molecular formula is C12H18N4. The van der Waals surface area contributed by atoms with Crippen molar-refractivity contribution in [2.24, 2.45) is 0 Å². The van der Waals surface area contributed by atoms with Crippen molar-refractivity contribution < 1.29 is 0 Å². The van der Waals surface area contributed by atoms with Gasteiger partial charge in [0.2, 0.25) is 0 Å². The van der Waals surface area contributed by atoms with E-state index >= 15 is 0 Å². The number of aromatic amines is 1. The zero-order valence-corrected chi connectivity index (χ0v) is 9.74. The summed E-state index contributed by atoms with van der Waals surface area (Å²) in [5, 5.41) is 15.9. The van der Waals surface area contributed by atoms with Crippen LogP contribution in [0.4, 0.5) is 0 Å². The molecule has 0 aliphatic heterocycles.